The van der Waals surface area contributed by atoms with Gasteiger partial charge < -0.3 is 0 Å². The molecule has 130 valence electrons. The van der Waals surface area contributed by atoms with Crippen LogP contribution in [-0.4, -0.2) is 24.6 Å². The van der Waals surface area contributed by atoms with Crippen molar-refractivity contribution in [3.05, 3.63) is 66.6 Å². The molecule has 0 radical (unpaired) electrons. The number of aromatic nitrogens is 5. The minimum absolute atomic E-state index is 0.216. The number of halogens is 1. The largest absolute Gasteiger partial charge is 0.264 e. The Labute approximate surface area is 163 Å². The van der Waals surface area contributed by atoms with Crippen molar-refractivity contribution in [3.8, 4) is 22.4 Å². The van der Waals surface area contributed by atoms with E-state index in [2.05, 4.69) is 20.1 Å². The van der Waals surface area contributed by atoms with E-state index in [0.29, 0.717) is 16.8 Å². The predicted octanol–water partition coefficient (Wildman–Crippen LogP) is 4.29. The molecular weight excluding hydrogens is 329 g/mol. The van der Waals surface area contributed by atoms with Gasteiger partial charge in [0.05, 0.1) is 23.8 Å². The third-order valence-electron chi connectivity index (χ3n) is 3.85. The van der Waals surface area contributed by atoms with Gasteiger partial charge in [-0.3, -0.25) is 4.98 Å². The van der Waals surface area contributed by atoms with E-state index in [0.717, 1.165) is 6.20 Å². The van der Waals surface area contributed by atoms with Crippen molar-refractivity contribution in [2.24, 2.45) is 0 Å². The second kappa shape index (κ2) is 5.98. The van der Waals surface area contributed by atoms with Crippen molar-refractivity contribution in [2.75, 3.05) is 0 Å². The molecule has 0 unspecified atom stereocenters. The summed E-state index contributed by atoms with van der Waals surface area (Å²) in [6, 6.07) is 7.63. The first-order chi connectivity index (χ1) is 16.2. The molecule has 0 fully saturated rings. The standard InChI is InChI=1S/C20H18FN5/c1-20(2,3)18-12-24-26-17(11-23-19(26)25-18)13-6-7-16(21)15(9-13)14-5-4-8-22-10-14/h4-12H,1-3H3/i1D3,2D3,3D3. The number of fused-ring (bicyclic) bond motifs is 1. The third-order valence-corrected chi connectivity index (χ3v) is 3.85. The molecule has 3 aromatic heterocycles. The molecule has 26 heavy (non-hydrogen) atoms. The van der Waals surface area contributed by atoms with E-state index in [-0.39, 0.29) is 11.3 Å². The van der Waals surface area contributed by atoms with Crippen LogP contribution in [-0.2, 0) is 5.41 Å². The summed E-state index contributed by atoms with van der Waals surface area (Å²) in [4.78, 5) is 12.1. The molecule has 0 saturated heterocycles. The van der Waals surface area contributed by atoms with Crippen LogP contribution in [0.5, 0.6) is 0 Å². The number of imidazole rings is 1. The van der Waals surface area contributed by atoms with E-state index in [9.17, 15) is 4.39 Å². The monoisotopic (exact) mass is 356 g/mol. The molecule has 0 N–H and O–H groups in total. The van der Waals surface area contributed by atoms with Gasteiger partial charge in [0, 0.05) is 46.8 Å². The van der Waals surface area contributed by atoms with E-state index in [1.54, 1.807) is 24.4 Å². The molecule has 4 rings (SSSR count). The molecule has 0 spiro atoms. The second-order valence-corrected chi connectivity index (χ2v) is 5.68. The van der Waals surface area contributed by atoms with Crippen LogP contribution in [0.1, 0.15) is 38.6 Å². The summed E-state index contributed by atoms with van der Waals surface area (Å²) >= 11 is 0. The molecule has 6 heteroatoms. The van der Waals surface area contributed by atoms with Crippen molar-refractivity contribution in [1.29, 1.82) is 0 Å². The fourth-order valence-corrected chi connectivity index (χ4v) is 2.58. The number of benzene rings is 1. The molecule has 4 aromatic rings. The summed E-state index contributed by atoms with van der Waals surface area (Å²) < 4.78 is 86.2. The van der Waals surface area contributed by atoms with Crippen molar-refractivity contribution in [1.82, 2.24) is 24.6 Å². The van der Waals surface area contributed by atoms with Gasteiger partial charge in [0.25, 0.3) is 5.78 Å². The Bertz CT molecular complexity index is 1340. The van der Waals surface area contributed by atoms with Crippen LogP contribution in [0.15, 0.2) is 55.1 Å². The Balaban J connectivity index is 1.90. The zero-order chi connectivity index (χ0) is 25.8. The maximum absolute atomic E-state index is 14.5. The lowest BCUT2D eigenvalue weighted by Crippen LogP contribution is -2.15. The van der Waals surface area contributed by atoms with Crippen LogP contribution in [0.2, 0.25) is 0 Å². The van der Waals surface area contributed by atoms with Crippen molar-refractivity contribution in [2.45, 2.75) is 26.0 Å². The van der Waals surface area contributed by atoms with Gasteiger partial charge in [-0.2, -0.15) is 9.61 Å². The van der Waals surface area contributed by atoms with Gasteiger partial charge in [-0.15, -0.1) is 0 Å². The Kier molecular flexibility index (Phi) is 2.07. The quantitative estimate of drug-likeness (QED) is 0.538. The zero-order valence-corrected chi connectivity index (χ0v) is 13.3. The minimum atomic E-state index is -3.47. The minimum Gasteiger partial charge on any atom is -0.264 e. The molecule has 1 aromatic carbocycles. The van der Waals surface area contributed by atoms with Crippen molar-refractivity contribution < 1.29 is 16.7 Å². The third kappa shape index (κ3) is 2.83. The van der Waals surface area contributed by atoms with Crippen LogP contribution >= 0.6 is 0 Å². The average Bonchev–Trinajstić information content (AvgIpc) is 3.15. The molecule has 0 atom stereocenters. The number of hydrogen-bond acceptors (Lipinski definition) is 4. The number of rotatable bonds is 2. The summed E-state index contributed by atoms with van der Waals surface area (Å²) in [5, 5.41) is 4.08. The Morgan fingerprint density at radius 2 is 1.96 bits per heavy atom. The number of hydrogen-bond donors (Lipinski definition) is 0. The molecule has 5 nitrogen and oxygen atoms in total. The first kappa shape index (κ1) is 8.98. The molecule has 0 aliphatic heterocycles. The molecule has 0 saturated carbocycles. The fourth-order valence-electron chi connectivity index (χ4n) is 2.58. The molecule has 0 bridgehead atoms. The molecule has 0 amide bonds. The molecule has 0 aliphatic carbocycles. The highest BCUT2D eigenvalue weighted by Crippen LogP contribution is 2.29. The van der Waals surface area contributed by atoms with E-state index in [4.69, 9.17) is 12.3 Å². The van der Waals surface area contributed by atoms with E-state index in [1.165, 1.54) is 29.0 Å². The highest BCUT2D eigenvalue weighted by atomic mass is 19.1. The topological polar surface area (TPSA) is 56.0 Å². The smallest absolute Gasteiger partial charge is 0.251 e. The Morgan fingerprint density at radius 3 is 2.73 bits per heavy atom. The fraction of sp³-hybridized carbons (Fsp3) is 0.200. The van der Waals surface area contributed by atoms with Crippen LogP contribution in [0, 0.1) is 5.82 Å². The first-order valence-electron chi connectivity index (χ1n) is 12.1. The number of nitrogens with zero attached hydrogens (tertiary/aromatic N) is 5. The van der Waals surface area contributed by atoms with Crippen LogP contribution in [0.25, 0.3) is 28.2 Å². The lowest BCUT2D eigenvalue weighted by molar-refractivity contribution is 0.562. The summed E-state index contributed by atoms with van der Waals surface area (Å²) in [6.45, 7) is -10.4. The van der Waals surface area contributed by atoms with Gasteiger partial charge in [0.1, 0.15) is 5.82 Å². The molecule has 3 heterocycles. The Morgan fingerprint density at radius 1 is 1.08 bits per heavy atom. The van der Waals surface area contributed by atoms with Crippen molar-refractivity contribution >= 4 is 5.78 Å². The van der Waals surface area contributed by atoms with E-state index >= 15 is 0 Å². The summed E-state index contributed by atoms with van der Waals surface area (Å²) in [7, 11) is 0. The van der Waals surface area contributed by atoms with Gasteiger partial charge in [0.2, 0.25) is 0 Å². The highest BCUT2D eigenvalue weighted by Gasteiger charge is 2.18. The van der Waals surface area contributed by atoms with Gasteiger partial charge in [-0.25, -0.2) is 14.4 Å². The lowest BCUT2D eigenvalue weighted by Gasteiger charge is -2.16. The van der Waals surface area contributed by atoms with Crippen LogP contribution in [0.4, 0.5) is 4.39 Å². The number of pyridine rings is 1. The lowest BCUT2D eigenvalue weighted by atomic mass is 9.93. The zero-order valence-electron chi connectivity index (χ0n) is 22.3. The van der Waals surface area contributed by atoms with E-state index in [1.807, 2.05) is 0 Å². The predicted molar refractivity (Wildman–Crippen MR) is 98.1 cm³/mol. The summed E-state index contributed by atoms with van der Waals surface area (Å²) in [6.07, 6.45) is 5.21. The molecular formula is C20H18FN5. The first-order valence-corrected chi connectivity index (χ1v) is 7.60. The second-order valence-electron chi connectivity index (χ2n) is 5.68. The molecule has 0 aliphatic rings. The van der Waals surface area contributed by atoms with Crippen LogP contribution < -0.4 is 0 Å². The van der Waals surface area contributed by atoms with Crippen LogP contribution in [0.3, 0.4) is 0 Å². The normalized spacial score (nSPS) is 18.4. The van der Waals surface area contributed by atoms with Gasteiger partial charge in [0.15, 0.2) is 0 Å². The maximum Gasteiger partial charge on any atom is 0.251 e. The maximum atomic E-state index is 14.5. The Hall–Kier alpha value is -3.15. The summed E-state index contributed by atoms with van der Waals surface area (Å²) in [5.41, 5.74) is -2.43. The van der Waals surface area contributed by atoms with Gasteiger partial charge in [-0.05, 0) is 24.3 Å². The average molecular weight is 356 g/mol. The highest BCUT2D eigenvalue weighted by molar-refractivity contribution is 5.72. The van der Waals surface area contributed by atoms with E-state index < -0.39 is 37.5 Å². The van der Waals surface area contributed by atoms with Gasteiger partial charge >= 0.3 is 0 Å². The summed E-state index contributed by atoms with van der Waals surface area (Å²) in [5.74, 6) is -0.700. The van der Waals surface area contributed by atoms with Gasteiger partial charge in [-0.1, -0.05) is 26.6 Å². The SMILES string of the molecule is [2H]C([2H])([2H])C(c1cnn2c(-c3ccc(F)c(-c4cccnc4)c3)cnc2n1)(C([2H])([2H])[2H])C([2H])([2H])[2H]. The van der Waals surface area contributed by atoms with Crippen molar-refractivity contribution in [3.63, 3.8) is 0 Å².